The van der Waals surface area contributed by atoms with Crippen LogP contribution in [0.5, 0.6) is 23.0 Å². The highest BCUT2D eigenvalue weighted by Crippen LogP contribution is 2.41. The van der Waals surface area contributed by atoms with Crippen LogP contribution >= 0.6 is 0 Å². The van der Waals surface area contributed by atoms with Crippen molar-refractivity contribution in [2.24, 2.45) is 0 Å². The molecule has 0 aliphatic rings. The number of hydrogen-bond donors (Lipinski definition) is 0. The van der Waals surface area contributed by atoms with E-state index in [-0.39, 0.29) is 0 Å². The maximum absolute atomic E-state index is 6.15. The lowest BCUT2D eigenvalue weighted by atomic mass is 9.98. The molecule has 0 N–H and O–H groups in total. The second-order valence-corrected chi connectivity index (χ2v) is 12.2. The van der Waals surface area contributed by atoms with Gasteiger partial charge < -0.3 is 23.8 Å². The molecular weight excluding hydrogens is 633 g/mol. The zero-order chi connectivity index (χ0) is 35.7. The molecule has 0 radical (unpaired) electrons. The lowest BCUT2D eigenvalue weighted by Gasteiger charge is -2.26. The molecule has 0 saturated carbocycles. The second-order valence-electron chi connectivity index (χ2n) is 12.2. The Morgan fingerprint density at radius 1 is 0.431 bits per heavy atom. The van der Waals surface area contributed by atoms with Gasteiger partial charge in [-0.2, -0.15) is 0 Å². The molecular formula is C45H46N2O4. The van der Waals surface area contributed by atoms with Crippen molar-refractivity contribution in [1.82, 2.24) is 4.98 Å². The Morgan fingerprint density at radius 2 is 0.824 bits per heavy atom. The minimum atomic E-state index is 0.516. The Balaban J connectivity index is 1.49. The maximum atomic E-state index is 6.15. The van der Waals surface area contributed by atoms with Crippen molar-refractivity contribution < 1.29 is 18.9 Å². The number of ether oxygens (including phenoxy) is 4. The number of rotatable bonds is 14. The van der Waals surface area contributed by atoms with Gasteiger partial charge in [0.15, 0.2) is 0 Å². The molecule has 1 heterocycles. The fourth-order valence-corrected chi connectivity index (χ4v) is 6.10. The Bertz CT molecular complexity index is 1930. The first-order valence-corrected chi connectivity index (χ1v) is 17.8. The smallest absolute Gasteiger partial charge is 0.132 e. The minimum Gasteiger partial charge on any atom is -0.494 e. The molecule has 5 aromatic carbocycles. The van der Waals surface area contributed by atoms with E-state index in [1.54, 1.807) is 0 Å². The summed E-state index contributed by atoms with van der Waals surface area (Å²) in [7, 11) is 0. The molecule has 6 nitrogen and oxygen atoms in total. The topological polar surface area (TPSA) is 53.1 Å². The zero-order valence-electron chi connectivity index (χ0n) is 30.4. The van der Waals surface area contributed by atoms with Gasteiger partial charge in [-0.3, -0.25) is 0 Å². The Labute approximate surface area is 302 Å². The summed E-state index contributed by atoms with van der Waals surface area (Å²) >= 11 is 0. The van der Waals surface area contributed by atoms with Crippen LogP contribution in [0.4, 0.5) is 17.1 Å². The third-order valence-corrected chi connectivity index (χ3v) is 8.55. The summed E-state index contributed by atoms with van der Waals surface area (Å²) < 4.78 is 23.9. The van der Waals surface area contributed by atoms with Crippen molar-refractivity contribution in [3.8, 4) is 56.6 Å². The van der Waals surface area contributed by atoms with Crippen molar-refractivity contribution in [3.63, 3.8) is 0 Å². The van der Waals surface area contributed by atoms with Crippen LogP contribution in [-0.4, -0.2) is 31.4 Å². The van der Waals surface area contributed by atoms with E-state index in [9.17, 15) is 0 Å². The number of anilines is 3. The first-order chi connectivity index (χ1) is 24.9. The molecule has 0 fully saturated rings. The van der Waals surface area contributed by atoms with Crippen LogP contribution in [0.2, 0.25) is 0 Å². The standard InChI is InChI=1S/C45H46N2O4/c1-7-48-38-23-25-40(44(29-38)50-9-3)42-27-34(28-43(46-42)41-26-24-39(49-8-2)30-45(41)51-10-4)33-15-21-37(22-16-33)47(35-17-11-31(5)12-18-35)36-19-13-32(6)14-20-36/h11-30H,7-10H2,1-6H3. The van der Waals surface area contributed by atoms with Gasteiger partial charge in [0.25, 0.3) is 0 Å². The van der Waals surface area contributed by atoms with E-state index in [1.165, 1.54) is 11.1 Å². The van der Waals surface area contributed by atoms with Crippen molar-refractivity contribution in [2.45, 2.75) is 41.5 Å². The molecule has 0 atom stereocenters. The van der Waals surface area contributed by atoms with Gasteiger partial charge in [-0.05, 0) is 125 Å². The van der Waals surface area contributed by atoms with Crippen LogP contribution in [0.1, 0.15) is 38.8 Å². The average Bonchev–Trinajstić information content (AvgIpc) is 3.14. The van der Waals surface area contributed by atoms with Crippen LogP contribution < -0.4 is 23.8 Å². The summed E-state index contributed by atoms with van der Waals surface area (Å²) in [5, 5.41) is 0. The summed E-state index contributed by atoms with van der Waals surface area (Å²) in [6.45, 7) is 14.3. The Kier molecular flexibility index (Phi) is 11.2. The van der Waals surface area contributed by atoms with Crippen LogP contribution in [-0.2, 0) is 0 Å². The summed E-state index contributed by atoms with van der Waals surface area (Å²) in [6, 6.07) is 42.1. The second kappa shape index (κ2) is 16.3. The first-order valence-electron chi connectivity index (χ1n) is 17.8. The molecule has 0 spiro atoms. The third kappa shape index (κ3) is 8.18. The fraction of sp³-hybridized carbons (Fsp3) is 0.222. The number of hydrogen-bond acceptors (Lipinski definition) is 6. The highest BCUT2D eigenvalue weighted by atomic mass is 16.5. The Hall–Kier alpha value is -5.75. The van der Waals surface area contributed by atoms with E-state index in [0.717, 1.165) is 73.7 Å². The molecule has 6 rings (SSSR count). The molecule has 0 aliphatic carbocycles. The predicted octanol–water partition coefficient (Wildman–Crippen LogP) is 11.8. The van der Waals surface area contributed by atoms with Crippen molar-refractivity contribution >= 4 is 17.1 Å². The lowest BCUT2D eigenvalue weighted by Crippen LogP contribution is -2.09. The van der Waals surface area contributed by atoms with E-state index in [0.29, 0.717) is 26.4 Å². The number of aromatic nitrogens is 1. The molecule has 0 bridgehead atoms. The normalized spacial score (nSPS) is 10.9. The zero-order valence-corrected chi connectivity index (χ0v) is 30.4. The highest BCUT2D eigenvalue weighted by Gasteiger charge is 2.18. The number of nitrogens with zero attached hydrogens (tertiary/aromatic N) is 2. The van der Waals surface area contributed by atoms with Crippen LogP contribution in [0.25, 0.3) is 33.6 Å². The van der Waals surface area contributed by atoms with Crippen molar-refractivity contribution in [2.75, 3.05) is 31.3 Å². The van der Waals surface area contributed by atoms with Gasteiger partial charge in [0, 0.05) is 40.3 Å². The van der Waals surface area contributed by atoms with Gasteiger partial charge in [0.05, 0.1) is 37.8 Å². The van der Waals surface area contributed by atoms with E-state index < -0.39 is 0 Å². The molecule has 6 aromatic rings. The van der Waals surface area contributed by atoms with Gasteiger partial charge in [0.2, 0.25) is 0 Å². The third-order valence-electron chi connectivity index (χ3n) is 8.55. The fourth-order valence-electron chi connectivity index (χ4n) is 6.10. The largest absolute Gasteiger partial charge is 0.494 e. The number of benzene rings is 5. The highest BCUT2D eigenvalue weighted by molar-refractivity contribution is 5.83. The molecule has 51 heavy (non-hydrogen) atoms. The summed E-state index contributed by atoms with van der Waals surface area (Å²) in [5.41, 5.74) is 11.1. The van der Waals surface area contributed by atoms with Crippen molar-refractivity contribution in [3.05, 3.63) is 132 Å². The first kappa shape index (κ1) is 35.1. The summed E-state index contributed by atoms with van der Waals surface area (Å²) in [5.74, 6) is 2.96. The number of aryl methyl sites for hydroxylation is 2. The van der Waals surface area contributed by atoms with Gasteiger partial charge in [-0.15, -0.1) is 0 Å². The molecule has 1 aromatic heterocycles. The molecule has 0 amide bonds. The quantitative estimate of drug-likeness (QED) is 0.114. The van der Waals surface area contributed by atoms with Gasteiger partial charge in [0.1, 0.15) is 23.0 Å². The predicted molar refractivity (Wildman–Crippen MR) is 209 cm³/mol. The lowest BCUT2D eigenvalue weighted by molar-refractivity contribution is 0.323. The van der Waals surface area contributed by atoms with Crippen LogP contribution in [0.15, 0.2) is 121 Å². The van der Waals surface area contributed by atoms with Gasteiger partial charge in [-0.1, -0.05) is 47.5 Å². The monoisotopic (exact) mass is 678 g/mol. The van der Waals surface area contributed by atoms with E-state index >= 15 is 0 Å². The minimum absolute atomic E-state index is 0.516. The molecule has 6 heteroatoms. The van der Waals surface area contributed by atoms with Gasteiger partial charge >= 0.3 is 0 Å². The number of pyridine rings is 1. The van der Waals surface area contributed by atoms with Crippen molar-refractivity contribution in [1.29, 1.82) is 0 Å². The molecule has 260 valence electrons. The maximum Gasteiger partial charge on any atom is 0.132 e. The summed E-state index contributed by atoms with van der Waals surface area (Å²) in [6.07, 6.45) is 0. The summed E-state index contributed by atoms with van der Waals surface area (Å²) in [4.78, 5) is 7.51. The van der Waals surface area contributed by atoms with Crippen LogP contribution in [0, 0.1) is 13.8 Å². The molecule has 0 unspecified atom stereocenters. The van der Waals surface area contributed by atoms with E-state index in [2.05, 4.69) is 104 Å². The SMILES string of the molecule is CCOc1ccc(-c2cc(-c3ccc(N(c4ccc(C)cc4)c4ccc(C)cc4)cc3)cc(-c3ccc(OCC)cc3OCC)n2)c(OCC)c1. The van der Waals surface area contributed by atoms with Crippen LogP contribution in [0.3, 0.4) is 0 Å². The van der Waals surface area contributed by atoms with Gasteiger partial charge in [-0.25, -0.2) is 4.98 Å². The average molecular weight is 679 g/mol. The van der Waals surface area contributed by atoms with E-state index in [1.807, 2.05) is 64.1 Å². The Morgan fingerprint density at radius 3 is 1.22 bits per heavy atom. The van der Waals surface area contributed by atoms with E-state index in [4.69, 9.17) is 23.9 Å². The molecule has 0 aliphatic heterocycles. The molecule has 0 saturated heterocycles.